The summed E-state index contributed by atoms with van der Waals surface area (Å²) in [6, 6.07) is 11.8. The van der Waals surface area contributed by atoms with Crippen LogP contribution in [-0.2, 0) is 6.42 Å². The van der Waals surface area contributed by atoms with E-state index in [0.717, 1.165) is 48.9 Å². The smallest absolute Gasteiger partial charge is 0.122 e. The van der Waals surface area contributed by atoms with Crippen molar-refractivity contribution in [1.29, 1.82) is 0 Å². The van der Waals surface area contributed by atoms with E-state index in [1.807, 2.05) is 36.4 Å². The molecule has 0 bridgehead atoms. The first-order valence-electron chi connectivity index (χ1n) is 12.2. The monoisotopic (exact) mass is 490 g/mol. The van der Waals surface area contributed by atoms with Crippen LogP contribution in [-0.4, -0.2) is 63.3 Å². The second kappa shape index (κ2) is 11.8. The summed E-state index contributed by atoms with van der Waals surface area (Å²) in [4.78, 5) is 4.78. The lowest BCUT2D eigenvalue weighted by Crippen LogP contribution is -2.34. The van der Waals surface area contributed by atoms with E-state index < -0.39 is 0 Å². The third-order valence-corrected chi connectivity index (χ3v) is 7.29. The number of halogens is 2. The minimum Gasteiger partial charge on any atom is -0.493 e. The van der Waals surface area contributed by atoms with Crippen LogP contribution >= 0.6 is 23.2 Å². The van der Waals surface area contributed by atoms with E-state index in [1.165, 1.54) is 38.8 Å². The Morgan fingerprint density at radius 1 is 0.758 bits per heavy atom. The standard InChI is InChI=1S/C27H36Cl2N2O2/c1-30-11-3-5-20(16-30)18-32-26-9-7-24(28)14-22(26)13-23-15-25(29)8-10-27(23)33-19-21-6-4-12-31(2)17-21/h7-10,14-15,20-21H,3-6,11-13,16-19H2,1-2H3. The summed E-state index contributed by atoms with van der Waals surface area (Å²) in [5.41, 5.74) is 2.13. The zero-order chi connectivity index (χ0) is 23.2. The summed E-state index contributed by atoms with van der Waals surface area (Å²) in [6.45, 7) is 5.99. The number of hydrogen-bond donors (Lipinski definition) is 0. The molecule has 2 unspecified atom stereocenters. The van der Waals surface area contributed by atoms with Crippen molar-refractivity contribution in [3.63, 3.8) is 0 Å². The molecule has 0 saturated carbocycles. The molecule has 2 heterocycles. The van der Waals surface area contributed by atoms with E-state index in [0.29, 0.717) is 28.3 Å². The highest BCUT2D eigenvalue weighted by atomic mass is 35.5. The van der Waals surface area contributed by atoms with E-state index >= 15 is 0 Å². The molecule has 4 rings (SSSR count). The quantitative estimate of drug-likeness (QED) is 0.451. The highest BCUT2D eigenvalue weighted by molar-refractivity contribution is 6.31. The number of piperidine rings is 2. The highest BCUT2D eigenvalue weighted by Crippen LogP contribution is 2.32. The van der Waals surface area contributed by atoms with Crippen molar-refractivity contribution in [2.75, 3.05) is 53.5 Å². The maximum Gasteiger partial charge on any atom is 0.122 e. The van der Waals surface area contributed by atoms with Crippen molar-refractivity contribution in [1.82, 2.24) is 9.80 Å². The van der Waals surface area contributed by atoms with Gasteiger partial charge in [0.25, 0.3) is 0 Å². The molecule has 2 atom stereocenters. The first kappa shape index (κ1) is 24.7. The summed E-state index contributed by atoms with van der Waals surface area (Å²) in [7, 11) is 4.37. The fraction of sp³-hybridized carbons (Fsp3) is 0.556. The molecule has 33 heavy (non-hydrogen) atoms. The van der Waals surface area contributed by atoms with Gasteiger partial charge in [0.15, 0.2) is 0 Å². The molecule has 2 saturated heterocycles. The van der Waals surface area contributed by atoms with Gasteiger partial charge in [-0.1, -0.05) is 23.2 Å². The van der Waals surface area contributed by atoms with Gasteiger partial charge in [-0.3, -0.25) is 0 Å². The number of rotatable bonds is 8. The van der Waals surface area contributed by atoms with Gasteiger partial charge in [0, 0.05) is 52.5 Å². The van der Waals surface area contributed by atoms with Crippen LogP contribution < -0.4 is 9.47 Å². The minimum absolute atomic E-state index is 0.561. The molecule has 2 aliphatic heterocycles. The maximum atomic E-state index is 6.37. The largest absolute Gasteiger partial charge is 0.493 e. The van der Waals surface area contributed by atoms with E-state index in [9.17, 15) is 0 Å². The van der Waals surface area contributed by atoms with Crippen LogP contribution in [0, 0.1) is 11.8 Å². The summed E-state index contributed by atoms with van der Waals surface area (Å²) in [5, 5.41) is 1.42. The van der Waals surface area contributed by atoms with Crippen molar-refractivity contribution in [2.45, 2.75) is 32.1 Å². The molecule has 4 nitrogen and oxygen atoms in total. The van der Waals surface area contributed by atoms with Crippen molar-refractivity contribution < 1.29 is 9.47 Å². The van der Waals surface area contributed by atoms with Gasteiger partial charge in [0.1, 0.15) is 11.5 Å². The van der Waals surface area contributed by atoms with Crippen LogP contribution in [0.4, 0.5) is 0 Å². The predicted octanol–water partition coefficient (Wildman–Crippen LogP) is 6.03. The van der Waals surface area contributed by atoms with Crippen LogP contribution in [0.3, 0.4) is 0 Å². The number of benzene rings is 2. The molecule has 0 aliphatic carbocycles. The highest BCUT2D eigenvalue weighted by Gasteiger charge is 2.20. The zero-order valence-corrected chi connectivity index (χ0v) is 21.4. The van der Waals surface area contributed by atoms with Gasteiger partial charge in [0.05, 0.1) is 13.2 Å². The Morgan fingerprint density at radius 3 is 1.64 bits per heavy atom. The number of nitrogens with zero attached hydrogens (tertiary/aromatic N) is 2. The van der Waals surface area contributed by atoms with Crippen LogP contribution in [0.1, 0.15) is 36.8 Å². The average Bonchev–Trinajstić information content (AvgIpc) is 2.78. The lowest BCUT2D eigenvalue weighted by Gasteiger charge is -2.30. The first-order chi connectivity index (χ1) is 16.0. The second-order valence-electron chi connectivity index (χ2n) is 9.84. The zero-order valence-electron chi connectivity index (χ0n) is 19.9. The predicted molar refractivity (Wildman–Crippen MR) is 137 cm³/mol. The minimum atomic E-state index is 0.561. The normalized spacial score (nSPS) is 22.3. The molecule has 0 radical (unpaired) electrons. The number of ether oxygens (including phenoxy) is 2. The number of likely N-dealkylation sites (tertiary alicyclic amines) is 2. The summed E-state index contributed by atoms with van der Waals surface area (Å²) < 4.78 is 12.6. The van der Waals surface area contributed by atoms with E-state index in [1.54, 1.807) is 0 Å². The van der Waals surface area contributed by atoms with E-state index in [4.69, 9.17) is 32.7 Å². The van der Waals surface area contributed by atoms with Crippen LogP contribution in [0.5, 0.6) is 11.5 Å². The third-order valence-electron chi connectivity index (χ3n) is 6.82. The Morgan fingerprint density at radius 2 is 1.21 bits per heavy atom. The molecule has 2 fully saturated rings. The average molecular weight is 492 g/mol. The Kier molecular flexibility index (Phi) is 8.81. The third kappa shape index (κ3) is 7.26. The molecule has 2 aromatic rings. The Balaban J connectivity index is 1.46. The van der Waals surface area contributed by atoms with Crippen molar-refractivity contribution in [3.05, 3.63) is 57.6 Å². The second-order valence-corrected chi connectivity index (χ2v) is 10.7. The molecule has 2 aromatic carbocycles. The summed E-state index contributed by atoms with van der Waals surface area (Å²) in [6.07, 6.45) is 5.57. The fourth-order valence-corrected chi connectivity index (χ4v) is 5.48. The maximum absolute atomic E-state index is 6.37. The SMILES string of the molecule is CN1CCCC(COc2ccc(Cl)cc2Cc2cc(Cl)ccc2OCC2CCCN(C)C2)C1. The molecular formula is C27H36Cl2N2O2. The molecule has 0 aromatic heterocycles. The Hall–Kier alpha value is -1.46. The summed E-state index contributed by atoms with van der Waals surface area (Å²) >= 11 is 12.7. The Labute approximate surface area is 208 Å². The van der Waals surface area contributed by atoms with Crippen molar-refractivity contribution >= 4 is 23.2 Å². The van der Waals surface area contributed by atoms with Gasteiger partial charge >= 0.3 is 0 Å². The first-order valence-corrected chi connectivity index (χ1v) is 12.9. The molecule has 6 heteroatoms. The summed E-state index contributed by atoms with van der Waals surface area (Å²) in [5.74, 6) is 2.91. The van der Waals surface area contributed by atoms with Gasteiger partial charge in [-0.2, -0.15) is 0 Å². The topological polar surface area (TPSA) is 24.9 Å². The van der Waals surface area contributed by atoms with Gasteiger partial charge in [0.2, 0.25) is 0 Å². The van der Waals surface area contributed by atoms with Crippen LogP contribution in [0.2, 0.25) is 10.0 Å². The molecule has 0 N–H and O–H groups in total. The number of hydrogen-bond acceptors (Lipinski definition) is 4. The van der Waals surface area contributed by atoms with Gasteiger partial charge in [-0.15, -0.1) is 0 Å². The van der Waals surface area contributed by atoms with Gasteiger partial charge in [-0.25, -0.2) is 0 Å². The van der Waals surface area contributed by atoms with Crippen molar-refractivity contribution in [3.8, 4) is 11.5 Å². The van der Waals surface area contributed by atoms with Crippen LogP contribution in [0.15, 0.2) is 36.4 Å². The van der Waals surface area contributed by atoms with Gasteiger partial charge < -0.3 is 19.3 Å². The van der Waals surface area contributed by atoms with E-state index in [2.05, 4.69) is 23.9 Å². The lowest BCUT2D eigenvalue weighted by atomic mass is 9.99. The molecular weight excluding hydrogens is 455 g/mol. The van der Waals surface area contributed by atoms with Gasteiger partial charge in [-0.05, 0) is 89.3 Å². The fourth-order valence-electron chi connectivity index (χ4n) is 5.09. The molecule has 2 aliphatic rings. The lowest BCUT2D eigenvalue weighted by molar-refractivity contribution is 0.149. The van der Waals surface area contributed by atoms with E-state index in [-0.39, 0.29) is 0 Å². The van der Waals surface area contributed by atoms with Crippen LogP contribution in [0.25, 0.3) is 0 Å². The molecule has 180 valence electrons. The van der Waals surface area contributed by atoms with Crippen molar-refractivity contribution in [2.24, 2.45) is 11.8 Å². The molecule has 0 amide bonds. The Bertz CT molecular complexity index is 849. The molecule has 0 spiro atoms.